The second-order valence-corrected chi connectivity index (χ2v) is 11.3. The van der Waals surface area contributed by atoms with Crippen molar-refractivity contribution in [2.24, 2.45) is 0 Å². The Balaban J connectivity index is 1.13. The van der Waals surface area contributed by atoms with Crippen molar-refractivity contribution in [3.63, 3.8) is 0 Å². The molecule has 4 heteroatoms. The lowest BCUT2D eigenvalue weighted by atomic mass is 10.0. The highest BCUT2D eigenvalue weighted by molar-refractivity contribution is 7.99. The fourth-order valence-corrected chi connectivity index (χ4v) is 7.01. The molecule has 2 aromatic heterocycles. The van der Waals surface area contributed by atoms with Gasteiger partial charge < -0.3 is 14.7 Å². The Hall–Kier alpha value is -4.93. The number of thioether (sulfide) groups is 1. The van der Waals surface area contributed by atoms with Crippen LogP contribution in [0.2, 0.25) is 0 Å². The zero-order valence-electron chi connectivity index (χ0n) is 22.2. The van der Waals surface area contributed by atoms with Crippen LogP contribution in [-0.2, 0) is 5.75 Å². The highest BCUT2D eigenvalue weighted by Crippen LogP contribution is 2.42. The van der Waals surface area contributed by atoms with Crippen LogP contribution in [0.5, 0.6) is 0 Å². The van der Waals surface area contributed by atoms with Crippen LogP contribution in [0.3, 0.4) is 0 Å². The quantitative estimate of drug-likeness (QED) is 0.172. The predicted molar refractivity (Wildman–Crippen MR) is 174 cm³/mol. The molecule has 0 atom stereocenters. The van der Waals surface area contributed by atoms with E-state index in [1.165, 1.54) is 32.9 Å². The summed E-state index contributed by atoms with van der Waals surface area (Å²) in [6, 6.07) is 46.9. The predicted octanol–water partition coefficient (Wildman–Crippen LogP) is 10.2. The molecule has 2 N–H and O–H groups in total. The van der Waals surface area contributed by atoms with E-state index in [-0.39, 0.29) is 0 Å². The number of rotatable bonds is 5. The first-order chi connectivity index (χ1) is 20.2. The van der Waals surface area contributed by atoms with E-state index < -0.39 is 0 Å². The maximum Gasteiger partial charge on any atom is 0.136 e. The minimum absolute atomic E-state index is 0.777. The van der Waals surface area contributed by atoms with Gasteiger partial charge in [0, 0.05) is 43.6 Å². The van der Waals surface area contributed by atoms with Gasteiger partial charge in [0.25, 0.3) is 0 Å². The Morgan fingerprint density at radius 2 is 1.27 bits per heavy atom. The Bertz CT molecular complexity index is 2160. The van der Waals surface area contributed by atoms with Gasteiger partial charge in [-0.25, -0.2) is 0 Å². The van der Waals surface area contributed by atoms with Crippen molar-refractivity contribution < 1.29 is 4.42 Å². The van der Waals surface area contributed by atoms with Gasteiger partial charge in [0.15, 0.2) is 0 Å². The average Bonchev–Trinajstić information content (AvgIpc) is 3.57. The third-order valence-electron chi connectivity index (χ3n) is 7.89. The summed E-state index contributed by atoms with van der Waals surface area (Å²) in [6.45, 7) is 0. The standard InChI is InChI=1S/C37H26N2OS/c38-31-20-21-34-36(30-19-16-26(22-35(30)40-34)25-8-2-1-3-9-25)37(31)41-23-24-14-17-27(18-15-24)39-32-12-6-4-10-28(32)29-11-5-7-13-33(29)39/h1-22H,23,38H2. The van der Waals surface area contributed by atoms with E-state index in [4.69, 9.17) is 10.2 Å². The molecule has 8 rings (SSSR count). The van der Waals surface area contributed by atoms with Gasteiger partial charge in [-0.05, 0) is 65.2 Å². The molecule has 0 aliphatic rings. The summed E-state index contributed by atoms with van der Waals surface area (Å²) in [5.74, 6) is 0.811. The first-order valence-corrected chi connectivity index (χ1v) is 14.7. The maximum atomic E-state index is 6.55. The lowest BCUT2D eigenvalue weighted by Gasteiger charge is -2.10. The summed E-state index contributed by atoms with van der Waals surface area (Å²) < 4.78 is 8.67. The normalized spacial score (nSPS) is 11.7. The van der Waals surface area contributed by atoms with Crippen LogP contribution in [0, 0.1) is 0 Å². The molecule has 0 aliphatic heterocycles. The topological polar surface area (TPSA) is 44.1 Å². The van der Waals surface area contributed by atoms with Crippen LogP contribution in [0.4, 0.5) is 5.69 Å². The molecule has 3 nitrogen and oxygen atoms in total. The summed E-state index contributed by atoms with van der Waals surface area (Å²) in [5, 5.41) is 4.73. The minimum Gasteiger partial charge on any atom is -0.456 e. The van der Waals surface area contributed by atoms with E-state index in [9.17, 15) is 0 Å². The van der Waals surface area contributed by atoms with Gasteiger partial charge in [0.05, 0.1) is 11.0 Å². The van der Waals surface area contributed by atoms with Gasteiger partial charge in [-0.3, -0.25) is 0 Å². The molecule has 0 fully saturated rings. The van der Waals surface area contributed by atoms with E-state index in [1.54, 1.807) is 11.8 Å². The summed E-state index contributed by atoms with van der Waals surface area (Å²) in [7, 11) is 0. The molecule has 0 saturated heterocycles. The molecule has 8 aromatic rings. The van der Waals surface area contributed by atoms with Gasteiger partial charge in [0.1, 0.15) is 11.2 Å². The van der Waals surface area contributed by atoms with Crippen molar-refractivity contribution in [3.8, 4) is 16.8 Å². The average molecular weight is 547 g/mol. The monoisotopic (exact) mass is 546 g/mol. The molecular weight excluding hydrogens is 520 g/mol. The Morgan fingerprint density at radius 1 is 0.585 bits per heavy atom. The second kappa shape index (κ2) is 9.61. The second-order valence-electron chi connectivity index (χ2n) is 10.4. The van der Waals surface area contributed by atoms with E-state index in [0.29, 0.717) is 0 Å². The van der Waals surface area contributed by atoms with Gasteiger partial charge in [-0.15, -0.1) is 11.8 Å². The molecule has 0 bridgehead atoms. The van der Waals surface area contributed by atoms with E-state index in [0.717, 1.165) is 49.5 Å². The SMILES string of the molecule is Nc1ccc2oc3cc(-c4ccccc4)ccc3c2c1SCc1ccc(-n2c3ccccc3c3ccccc32)cc1. The molecule has 0 saturated carbocycles. The molecule has 0 spiro atoms. The summed E-state index contributed by atoms with van der Waals surface area (Å²) in [5.41, 5.74) is 16.2. The molecule has 196 valence electrons. The third kappa shape index (κ3) is 3.99. The number of nitrogens with two attached hydrogens (primary N) is 1. The third-order valence-corrected chi connectivity index (χ3v) is 9.09. The maximum absolute atomic E-state index is 6.55. The number of hydrogen-bond donors (Lipinski definition) is 1. The molecular formula is C37H26N2OS. The zero-order valence-corrected chi connectivity index (χ0v) is 23.1. The number of hydrogen-bond acceptors (Lipinski definition) is 3. The number of nitrogen functional groups attached to an aromatic ring is 1. The number of aromatic nitrogens is 1. The lowest BCUT2D eigenvalue weighted by molar-refractivity contribution is 0.668. The first kappa shape index (κ1) is 23.9. The van der Waals surface area contributed by atoms with Gasteiger partial charge in [0.2, 0.25) is 0 Å². The van der Waals surface area contributed by atoms with E-state index in [1.807, 2.05) is 18.2 Å². The van der Waals surface area contributed by atoms with Crippen LogP contribution in [0.25, 0.3) is 60.6 Å². The molecule has 0 radical (unpaired) electrons. The van der Waals surface area contributed by atoms with E-state index in [2.05, 4.69) is 120 Å². The summed E-state index contributed by atoms with van der Waals surface area (Å²) in [4.78, 5) is 1.07. The van der Waals surface area contributed by atoms with Gasteiger partial charge in [-0.1, -0.05) is 84.9 Å². The molecule has 0 amide bonds. The summed E-state index contributed by atoms with van der Waals surface area (Å²) in [6.07, 6.45) is 0. The van der Waals surface area contributed by atoms with Crippen LogP contribution in [0.15, 0.2) is 143 Å². The highest BCUT2D eigenvalue weighted by Gasteiger charge is 2.16. The van der Waals surface area contributed by atoms with Crippen LogP contribution in [-0.4, -0.2) is 4.57 Å². The van der Waals surface area contributed by atoms with Crippen LogP contribution in [0.1, 0.15) is 5.56 Å². The first-order valence-electron chi connectivity index (χ1n) is 13.7. The number of fused-ring (bicyclic) bond motifs is 6. The van der Waals surface area contributed by atoms with Crippen molar-refractivity contribution in [1.29, 1.82) is 0 Å². The Labute approximate surface area is 241 Å². The molecule has 41 heavy (non-hydrogen) atoms. The molecule has 0 unspecified atom stereocenters. The van der Waals surface area contributed by atoms with Crippen molar-refractivity contribution in [1.82, 2.24) is 4.57 Å². The number of benzene rings is 6. The minimum atomic E-state index is 0.777. The van der Waals surface area contributed by atoms with Crippen molar-refractivity contribution in [3.05, 3.63) is 139 Å². The van der Waals surface area contributed by atoms with Crippen molar-refractivity contribution in [2.45, 2.75) is 10.6 Å². The highest BCUT2D eigenvalue weighted by atomic mass is 32.2. The number of anilines is 1. The lowest BCUT2D eigenvalue weighted by Crippen LogP contribution is -1.94. The summed E-state index contributed by atoms with van der Waals surface area (Å²) >= 11 is 1.77. The molecule has 0 aliphatic carbocycles. The van der Waals surface area contributed by atoms with Crippen molar-refractivity contribution in [2.75, 3.05) is 5.73 Å². The fraction of sp³-hybridized carbons (Fsp3) is 0.0270. The Morgan fingerprint density at radius 3 is 2.00 bits per heavy atom. The number of nitrogens with zero attached hydrogens (tertiary/aromatic N) is 1. The molecule has 6 aromatic carbocycles. The van der Waals surface area contributed by atoms with Crippen molar-refractivity contribution >= 4 is 61.2 Å². The number of furan rings is 1. The fourth-order valence-electron chi connectivity index (χ4n) is 5.92. The van der Waals surface area contributed by atoms with Crippen LogP contribution >= 0.6 is 11.8 Å². The number of para-hydroxylation sites is 2. The smallest absolute Gasteiger partial charge is 0.136 e. The van der Waals surface area contributed by atoms with Gasteiger partial charge in [-0.2, -0.15) is 0 Å². The molecule has 2 heterocycles. The largest absolute Gasteiger partial charge is 0.456 e. The zero-order chi connectivity index (χ0) is 27.3. The van der Waals surface area contributed by atoms with Crippen LogP contribution < -0.4 is 5.73 Å². The van der Waals surface area contributed by atoms with Gasteiger partial charge >= 0.3 is 0 Å². The van der Waals surface area contributed by atoms with E-state index >= 15 is 0 Å². The Kier molecular flexibility index (Phi) is 5.61.